The predicted molar refractivity (Wildman–Crippen MR) is 55.0 cm³/mol. The van der Waals surface area contributed by atoms with Crippen molar-refractivity contribution >= 4 is 0 Å². The van der Waals surface area contributed by atoms with Gasteiger partial charge in [-0.15, -0.1) is 0 Å². The van der Waals surface area contributed by atoms with Crippen LogP contribution in [0.25, 0.3) is 0 Å². The summed E-state index contributed by atoms with van der Waals surface area (Å²) in [5.74, 6) is 0.860. The second-order valence-corrected chi connectivity index (χ2v) is 2.97. The molecule has 0 saturated carbocycles. The largest absolute Gasteiger partial charge is 0.492 e. The van der Waals surface area contributed by atoms with Gasteiger partial charge in [0.2, 0.25) is 0 Å². The van der Waals surface area contributed by atoms with Crippen LogP contribution in [0.2, 0.25) is 0 Å². The van der Waals surface area contributed by atoms with Gasteiger partial charge in [-0.2, -0.15) is 5.26 Å². The highest BCUT2D eigenvalue weighted by Crippen LogP contribution is 2.07. The van der Waals surface area contributed by atoms with Gasteiger partial charge in [0, 0.05) is 6.54 Å². The summed E-state index contributed by atoms with van der Waals surface area (Å²) >= 11 is 0. The number of nitrogens with one attached hydrogen (secondary N) is 1. The van der Waals surface area contributed by atoms with E-state index in [1.165, 1.54) is 0 Å². The van der Waals surface area contributed by atoms with Gasteiger partial charge in [0.05, 0.1) is 12.1 Å². The average molecular weight is 190 g/mol. The first-order valence-electron chi connectivity index (χ1n) is 4.64. The molecule has 1 N–H and O–H groups in total. The van der Waals surface area contributed by atoms with Crippen LogP contribution in [0.5, 0.6) is 5.75 Å². The molecule has 3 nitrogen and oxygen atoms in total. The van der Waals surface area contributed by atoms with Crippen molar-refractivity contribution in [3.8, 4) is 11.8 Å². The number of nitrogens with zero attached hydrogens (tertiary/aromatic N) is 1. The minimum absolute atomic E-state index is 0.116. The Morgan fingerprint density at radius 1 is 1.43 bits per heavy atom. The molecule has 0 bridgehead atoms. The second kappa shape index (κ2) is 6.01. The van der Waals surface area contributed by atoms with Crippen LogP contribution in [-0.4, -0.2) is 19.2 Å². The summed E-state index contributed by atoms with van der Waals surface area (Å²) < 4.78 is 5.43. The zero-order chi connectivity index (χ0) is 10.2. The van der Waals surface area contributed by atoms with Crippen molar-refractivity contribution in [3.05, 3.63) is 30.3 Å². The lowest BCUT2D eigenvalue weighted by molar-refractivity contribution is 0.311. The van der Waals surface area contributed by atoms with E-state index in [0.29, 0.717) is 13.2 Å². The maximum atomic E-state index is 8.50. The van der Waals surface area contributed by atoms with Gasteiger partial charge in [0.25, 0.3) is 0 Å². The van der Waals surface area contributed by atoms with Crippen LogP contribution in [0.4, 0.5) is 0 Å². The Bertz CT molecular complexity index is 292. The number of ether oxygens (including phenoxy) is 1. The van der Waals surface area contributed by atoms with E-state index in [2.05, 4.69) is 11.4 Å². The fraction of sp³-hybridized carbons (Fsp3) is 0.364. The van der Waals surface area contributed by atoms with Gasteiger partial charge in [-0.1, -0.05) is 18.2 Å². The first-order chi connectivity index (χ1) is 6.83. The Morgan fingerprint density at radius 3 is 2.79 bits per heavy atom. The van der Waals surface area contributed by atoms with Crippen molar-refractivity contribution < 1.29 is 4.74 Å². The molecular weight excluding hydrogens is 176 g/mol. The standard InChI is InChI=1S/C11H14N2O/c1-10(9-12)13-7-8-14-11-5-3-2-4-6-11/h2-6,10,13H,7-8H2,1H3. The number of hydrogen-bond acceptors (Lipinski definition) is 3. The van der Waals surface area contributed by atoms with Crippen molar-refractivity contribution in [2.75, 3.05) is 13.2 Å². The fourth-order valence-corrected chi connectivity index (χ4v) is 1.01. The zero-order valence-electron chi connectivity index (χ0n) is 8.23. The van der Waals surface area contributed by atoms with Gasteiger partial charge in [-0.05, 0) is 19.1 Å². The van der Waals surface area contributed by atoms with Gasteiger partial charge in [0.1, 0.15) is 12.4 Å². The van der Waals surface area contributed by atoms with Crippen LogP contribution >= 0.6 is 0 Å². The van der Waals surface area contributed by atoms with Gasteiger partial charge < -0.3 is 4.74 Å². The van der Waals surface area contributed by atoms with E-state index in [1.54, 1.807) is 0 Å². The Labute approximate surface area is 84.3 Å². The molecule has 0 aliphatic rings. The SMILES string of the molecule is CC(C#N)NCCOc1ccccc1. The van der Waals surface area contributed by atoms with E-state index >= 15 is 0 Å². The first kappa shape index (κ1) is 10.6. The lowest BCUT2D eigenvalue weighted by Crippen LogP contribution is -2.28. The maximum Gasteiger partial charge on any atom is 0.119 e. The molecule has 1 rings (SSSR count). The molecule has 1 aromatic carbocycles. The van der Waals surface area contributed by atoms with Crippen LogP contribution in [0.3, 0.4) is 0 Å². The minimum atomic E-state index is -0.116. The van der Waals surface area contributed by atoms with E-state index < -0.39 is 0 Å². The van der Waals surface area contributed by atoms with Crippen molar-refractivity contribution in [1.29, 1.82) is 5.26 Å². The highest BCUT2D eigenvalue weighted by Gasteiger charge is 1.96. The topological polar surface area (TPSA) is 45.0 Å². The molecule has 0 aliphatic heterocycles. The molecule has 1 atom stereocenters. The number of nitriles is 1. The highest BCUT2D eigenvalue weighted by molar-refractivity contribution is 5.20. The number of hydrogen-bond donors (Lipinski definition) is 1. The van der Waals surface area contributed by atoms with E-state index in [0.717, 1.165) is 5.75 Å². The second-order valence-electron chi connectivity index (χ2n) is 2.97. The Hall–Kier alpha value is -1.53. The van der Waals surface area contributed by atoms with Crippen LogP contribution < -0.4 is 10.1 Å². The molecule has 0 spiro atoms. The summed E-state index contributed by atoms with van der Waals surface area (Å²) in [5, 5.41) is 11.5. The molecular formula is C11H14N2O. The summed E-state index contributed by atoms with van der Waals surface area (Å²) in [6.07, 6.45) is 0. The number of para-hydroxylation sites is 1. The molecule has 0 aromatic heterocycles. The zero-order valence-corrected chi connectivity index (χ0v) is 8.23. The molecule has 0 saturated heterocycles. The third-order valence-electron chi connectivity index (χ3n) is 1.76. The third kappa shape index (κ3) is 3.92. The van der Waals surface area contributed by atoms with Crippen molar-refractivity contribution in [1.82, 2.24) is 5.32 Å². The minimum Gasteiger partial charge on any atom is -0.492 e. The molecule has 14 heavy (non-hydrogen) atoms. The monoisotopic (exact) mass is 190 g/mol. The first-order valence-corrected chi connectivity index (χ1v) is 4.64. The van der Waals surface area contributed by atoms with Gasteiger partial charge in [-0.25, -0.2) is 0 Å². The summed E-state index contributed by atoms with van der Waals surface area (Å²) in [6.45, 7) is 3.09. The molecule has 0 aliphatic carbocycles. The molecule has 0 radical (unpaired) electrons. The fourth-order valence-electron chi connectivity index (χ4n) is 1.01. The molecule has 0 amide bonds. The van der Waals surface area contributed by atoms with E-state index in [9.17, 15) is 0 Å². The van der Waals surface area contributed by atoms with E-state index in [-0.39, 0.29) is 6.04 Å². The van der Waals surface area contributed by atoms with Crippen molar-refractivity contribution in [2.45, 2.75) is 13.0 Å². The van der Waals surface area contributed by atoms with E-state index in [1.807, 2.05) is 37.3 Å². The van der Waals surface area contributed by atoms with Crippen LogP contribution in [0.1, 0.15) is 6.92 Å². The van der Waals surface area contributed by atoms with Crippen molar-refractivity contribution in [3.63, 3.8) is 0 Å². The van der Waals surface area contributed by atoms with Crippen molar-refractivity contribution in [2.24, 2.45) is 0 Å². The smallest absolute Gasteiger partial charge is 0.119 e. The Kier molecular flexibility index (Phi) is 4.53. The third-order valence-corrected chi connectivity index (χ3v) is 1.76. The molecule has 1 aromatic rings. The summed E-state index contributed by atoms with van der Waals surface area (Å²) in [6, 6.07) is 11.6. The molecule has 74 valence electrons. The summed E-state index contributed by atoms with van der Waals surface area (Å²) in [4.78, 5) is 0. The van der Waals surface area contributed by atoms with Gasteiger partial charge >= 0.3 is 0 Å². The highest BCUT2D eigenvalue weighted by atomic mass is 16.5. The molecule has 1 unspecified atom stereocenters. The van der Waals surface area contributed by atoms with E-state index in [4.69, 9.17) is 10.00 Å². The van der Waals surface area contributed by atoms with Crippen LogP contribution in [0, 0.1) is 11.3 Å². The summed E-state index contributed by atoms with van der Waals surface area (Å²) in [5.41, 5.74) is 0. The van der Waals surface area contributed by atoms with Gasteiger partial charge in [-0.3, -0.25) is 5.32 Å². The predicted octanol–water partition coefficient (Wildman–Crippen LogP) is 1.57. The quantitative estimate of drug-likeness (QED) is 0.717. The molecule has 3 heteroatoms. The lowest BCUT2D eigenvalue weighted by Gasteiger charge is -2.07. The average Bonchev–Trinajstić information content (AvgIpc) is 2.25. The molecule has 0 fully saturated rings. The Morgan fingerprint density at radius 2 is 2.14 bits per heavy atom. The molecule has 0 heterocycles. The maximum absolute atomic E-state index is 8.50. The van der Waals surface area contributed by atoms with Gasteiger partial charge in [0.15, 0.2) is 0 Å². The summed E-state index contributed by atoms with van der Waals surface area (Å²) in [7, 11) is 0. The Balaban J connectivity index is 2.14. The number of rotatable bonds is 5. The lowest BCUT2D eigenvalue weighted by atomic mass is 10.3. The van der Waals surface area contributed by atoms with Crippen LogP contribution in [-0.2, 0) is 0 Å². The normalized spacial score (nSPS) is 11.7. The number of benzene rings is 1. The van der Waals surface area contributed by atoms with Crippen LogP contribution in [0.15, 0.2) is 30.3 Å².